The Morgan fingerprint density at radius 3 is 2.75 bits per heavy atom. The van der Waals surface area contributed by atoms with Gasteiger partial charge in [-0.15, -0.1) is 11.3 Å². The molecule has 0 aliphatic heterocycles. The molecule has 1 fully saturated rings. The summed E-state index contributed by atoms with van der Waals surface area (Å²) in [6.07, 6.45) is 1.65. The van der Waals surface area contributed by atoms with Crippen LogP contribution in [0.5, 0.6) is 0 Å². The van der Waals surface area contributed by atoms with Crippen molar-refractivity contribution in [1.29, 1.82) is 0 Å². The van der Waals surface area contributed by atoms with Gasteiger partial charge in [0.1, 0.15) is 5.82 Å². The van der Waals surface area contributed by atoms with Crippen LogP contribution in [0.3, 0.4) is 0 Å². The van der Waals surface area contributed by atoms with Crippen molar-refractivity contribution in [3.8, 4) is 0 Å². The highest BCUT2D eigenvalue weighted by Gasteiger charge is 2.30. The highest BCUT2D eigenvalue weighted by molar-refractivity contribution is 7.13. The predicted octanol–water partition coefficient (Wildman–Crippen LogP) is 0.802. The zero-order chi connectivity index (χ0) is 23.4. The molecule has 0 spiro atoms. The first-order valence-corrected chi connectivity index (χ1v) is 11.3. The van der Waals surface area contributed by atoms with E-state index in [9.17, 15) is 19.2 Å². The number of nitrogen functional groups attached to an aromatic ring is 1. The zero-order valence-corrected chi connectivity index (χ0v) is 19.2. The lowest BCUT2D eigenvalue weighted by molar-refractivity contribution is -0.118. The van der Waals surface area contributed by atoms with Crippen molar-refractivity contribution in [3.05, 3.63) is 31.9 Å². The number of nitrogens with two attached hydrogens (primary N) is 1. The Bertz CT molecular complexity index is 1100. The normalized spacial score (nSPS) is 13.4. The molecular weight excluding hydrogens is 436 g/mol. The zero-order valence-electron chi connectivity index (χ0n) is 18.3. The van der Waals surface area contributed by atoms with E-state index in [0.29, 0.717) is 10.8 Å². The lowest BCUT2D eigenvalue weighted by Gasteiger charge is -2.24. The van der Waals surface area contributed by atoms with Gasteiger partial charge >= 0.3 is 5.69 Å². The van der Waals surface area contributed by atoms with E-state index < -0.39 is 17.2 Å². The topological polar surface area (TPSA) is 152 Å². The van der Waals surface area contributed by atoms with Crippen LogP contribution < -0.4 is 27.2 Å². The molecule has 0 saturated heterocycles. The maximum atomic E-state index is 13.1. The number of ether oxygens (including phenoxy) is 1. The maximum Gasteiger partial charge on any atom is 0.330 e. The number of thiazole rings is 1. The van der Waals surface area contributed by atoms with Crippen molar-refractivity contribution in [2.24, 2.45) is 11.8 Å². The van der Waals surface area contributed by atoms with Gasteiger partial charge in [-0.25, -0.2) is 9.78 Å². The van der Waals surface area contributed by atoms with E-state index in [-0.39, 0.29) is 55.4 Å². The molecular formula is C20H28N6O5S. The summed E-state index contributed by atoms with van der Waals surface area (Å²) in [6.45, 7) is 4.33. The van der Waals surface area contributed by atoms with Gasteiger partial charge in [-0.2, -0.15) is 0 Å². The number of amides is 2. The second-order valence-corrected chi connectivity index (χ2v) is 8.98. The van der Waals surface area contributed by atoms with E-state index in [4.69, 9.17) is 10.5 Å². The van der Waals surface area contributed by atoms with Gasteiger partial charge in [0.25, 0.3) is 5.56 Å². The molecule has 0 aromatic carbocycles. The number of hydrogen-bond acceptors (Lipinski definition) is 8. The number of anilines is 3. The SMILES string of the molecule is COCCN(C(=O)Cc1csc(NC(=O)C2CC2)n1)c1c(N)n(CC(C)C)c(=O)[nH]c1=O. The average molecular weight is 465 g/mol. The van der Waals surface area contributed by atoms with Crippen LogP contribution in [0.2, 0.25) is 0 Å². The average Bonchev–Trinajstić information content (AvgIpc) is 3.49. The third-order valence-electron chi connectivity index (χ3n) is 4.91. The van der Waals surface area contributed by atoms with Crippen molar-refractivity contribution in [1.82, 2.24) is 14.5 Å². The minimum Gasteiger partial charge on any atom is -0.383 e. The van der Waals surface area contributed by atoms with Crippen LogP contribution >= 0.6 is 11.3 Å². The van der Waals surface area contributed by atoms with Crippen molar-refractivity contribution in [2.45, 2.75) is 39.7 Å². The number of aromatic nitrogens is 3. The monoisotopic (exact) mass is 464 g/mol. The number of nitrogens with one attached hydrogen (secondary N) is 2. The molecule has 0 unspecified atom stereocenters. The second kappa shape index (κ2) is 10.1. The summed E-state index contributed by atoms with van der Waals surface area (Å²) in [5.41, 5.74) is 5.17. The molecule has 12 heteroatoms. The van der Waals surface area contributed by atoms with Crippen molar-refractivity contribution in [3.63, 3.8) is 0 Å². The number of nitrogens with zero attached hydrogens (tertiary/aromatic N) is 3. The largest absolute Gasteiger partial charge is 0.383 e. The van der Waals surface area contributed by atoms with E-state index in [1.807, 2.05) is 13.8 Å². The first kappa shape index (κ1) is 23.7. The Hall–Kier alpha value is -2.99. The van der Waals surface area contributed by atoms with Crippen LogP contribution in [0.15, 0.2) is 15.0 Å². The first-order chi connectivity index (χ1) is 15.2. The standard InChI is InChI=1S/C20H28N6O5S/c1-11(2)9-26-16(21)15(18(29)24-20(26)30)25(6-7-31-3)14(27)8-13-10-32-19(22-13)23-17(28)12-4-5-12/h10-12H,4-9,21H2,1-3H3,(H,22,23,28)(H,24,29,30). The number of carbonyl (C=O) groups excluding carboxylic acids is 2. The van der Waals surface area contributed by atoms with Crippen LogP contribution in [0.25, 0.3) is 0 Å². The third kappa shape index (κ3) is 5.62. The smallest absolute Gasteiger partial charge is 0.330 e. The van der Waals surface area contributed by atoms with Crippen LogP contribution in [0, 0.1) is 11.8 Å². The predicted molar refractivity (Wildman–Crippen MR) is 122 cm³/mol. The molecule has 2 heterocycles. The van der Waals surface area contributed by atoms with Gasteiger partial charge in [0.15, 0.2) is 10.8 Å². The van der Waals surface area contributed by atoms with Crippen LogP contribution in [0.1, 0.15) is 32.4 Å². The summed E-state index contributed by atoms with van der Waals surface area (Å²) < 4.78 is 6.34. The molecule has 3 rings (SSSR count). The molecule has 4 N–H and O–H groups in total. The Morgan fingerprint density at radius 2 is 2.12 bits per heavy atom. The van der Waals surface area contributed by atoms with E-state index in [2.05, 4.69) is 15.3 Å². The van der Waals surface area contributed by atoms with Gasteiger partial charge in [-0.05, 0) is 18.8 Å². The molecule has 1 aliphatic rings. The van der Waals surface area contributed by atoms with Crippen molar-refractivity contribution >= 4 is 39.8 Å². The van der Waals surface area contributed by atoms with Gasteiger partial charge < -0.3 is 20.7 Å². The van der Waals surface area contributed by atoms with Gasteiger partial charge in [-0.3, -0.25) is 23.9 Å². The Balaban J connectivity index is 1.85. The molecule has 0 bridgehead atoms. The summed E-state index contributed by atoms with van der Waals surface area (Å²) >= 11 is 1.23. The second-order valence-electron chi connectivity index (χ2n) is 8.12. The highest BCUT2D eigenvalue weighted by atomic mass is 32.1. The van der Waals surface area contributed by atoms with Crippen molar-refractivity contribution < 1.29 is 14.3 Å². The summed E-state index contributed by atoms with van der Waals surface area (Å²) in [7, 11) is 1.48. The molecule has 2 aromatic rings. The summed E-state index contributed by atoms with van der Waals surface area (Å²) in [6, 6.07) is 0. The molecule has 0 atom stereocenters. The van der Waals surface area contributed by atoms with Crippen LogP contribution in [-0.4, -0.2) is 46.6 Å². The fourth-order valence-electron chi connectivity index (χ4n) is 3.18. The number of aromatic amines is 1. The molecule has 1 saturated carbocycles. The first-order valence-electron chi connectivity index (χ1n) is 10.4. The van der Waals surface area contributed by atoms with E-state index >= 15 is 0 Å². The number of carbonyl (C=O) groups is 2. The summed E-state index contributed by atoms with van der Waals surface area (Å²) in [5.74, 6) is -0.432. The molecule has 2 amide bonds. The fraction of sp³-hybridized carbons (Fsp3) is 0.550. The third-order valence-corrected chi connectivity index (χ3v) is 5.72. The number of rotatable bonds is 10. The van der Waals surface area contributed by atoms with Gasteiger partial charge in [0, 0.05) is 31.5 Å². The molecule has 1 aliphatic carbocycles. The highest BCUT2D eigenvalue weighted by Crippen LogP contribution is 2.30. The van der Waals surface area contributed by atoms with Gasteiger partial charge in [0.05, 0.1) is 18.7 Å². The molecule has 2 aromatic heterocycles. The fourth-order valence-corrected chi connectivity index (χ4v) is 3.89. The van der Waals surface area contributed by atoms with Gasteiger partial charge in [0.2, 0.25) is 11.8 Å². The molecule has 32 heavy (non-hydrogen) atoms. The number of hydrogen-bond donors (Lipinski definition) is 3. The lowest BCUT2D eigenvalue weighted by Crippen LogP contribution is -2.43. The maximum absolute atomic E-state index is 13.1. The number of methoxy groups -OCH3 is 1. The Kier molecular flexibility index (Phi) is 7.46. The quantitative estimate of drug-likeness (QED) is 0.470. The van der Waals surface area contributed by atoms with Crippen LogP contribution in [0.4, 0.5) is 16.6 Å². The molecule has 174 valence electrons. The summed E-state index contributed by atoms with van der Waals surface area (Å²) in [4.78, 5) is 57.7. The van der Waals surface area contributed by atoms with Crippen LogP contribution in [-0.2, 0) is 27.3 Å². The lowest BCUT2D eigenvalue weighted by atomic mass is 10.2. The Morgan fingerprint density at radius 1 is 1.41 bits per heavy atom. The van der Waals surface area contributed by atoms with E-state index in [1.54, 1.807) is 5.38 Å². The van der Waals surface area contributed by atoms with E-state index in [0.717, 1.165) is 12.8 Å². The molecule has 0 radical (unpaired) electrons. The van der Waals surface area contributed by atoms with Crippen molar-refractivity contribution in [2.75, 3.05) is 36.2 Å². The minimum absolute atomic E-state index is 0.0461. The summed E-state index contributed by atoms with van der Waals surface area (Å²) in [5, 5.41) is 4.86. The Labute approximate surface area is 188 Å². The number of H-pyrrole nitrogens is 1. The van der Waals surface area contributed by atoms with Gasteiger partial charge in [-0.1, -0.05) is 13.8 Å². The molecule has 11 nitrogen and oxygen atoms in total. The van der Waals surface area contributed by atoms with E-state index in [1.165, 1.54) is 27.9 Å². The minimum atomic E-state index is -0.743.